The van der Waals surface area contributed by atoms with E-state index < -0.39 is 18.6 Å². The van der Waals surface area contributed by atoms with Gasteiger partial charge in [0.05, 0.1) is 6.42 Å². The van der Waals surface area contributed by atoms with Gasteiger partial charge < -0.3 is 10.2 Å². The van der Waals surface area contributed by atoms with Crippen LogP contribution in [-0.4, -0.2) is 6.18 Å². The van der Waals surface area contributed by atoms with E-state index in [1.807, 2.05) is 0 Å². The van der Waals surface area contributed by atoms with Crippen molar-refractivity contribution >= 4 is 0 Å². The van der Waals surface area contributed by atoms with Crippen LogP contribution in [0, 0.1) is 13.8 Å². The normalized spacial score (nSPS) is 14.4. The van der Waals surface area contributed by atoms with E-state index in [0.717, 1.165) is 0 Å². The molecule has 2 nitrogen and oxygen atoms in total. The Morgan fingerprint density at radius 1 is 1.43 bits per heavy atom. The second-order valence-corrected chi connectivity index (χ2v) is 3.29. The van der Waals surface area contributed by atoms with Crippen LogP contribution >= 0.6 is 0 Å². The van der Waals surface area contributed by atoms with Crippen molar-refractivity contribution in [3.8, 4) is 0 Å². The molecule has 2 N–H and O–H groups in total. The summed E-state index contributed by atoms with van der Waals surface area (Å²) in [4.78, 5) is 0. The van der Waals surface area contributed by atoms with Crippen LogP contribution in [0.25, 0.3) is 0 Å². The van der Waals surface area contributed by atoms with Crippen molar-refractivity contribution in [1.29, 1.82) is 0 Å². The van der Waals surface area contributed by atoms with Gasteiger partial charge in [0.15, 0.2) is 0 Å². The van der Waals surface area contributed by atoms with Gasteiger partial charge in [0.1, 0.15) is 11.5 Å². The summed E-state index contributed by atoms with van der Waals surface area (Å²) in [6, 6.07) is 0.513. The first-order chi connectivity index (χ1) is 6.29. The molecular formula is C9H12F3NO. The number of halogens is 3. The van der Waals surface area contributed by atoms with Gasteiger partial charge >= 0.3 is 6.18 Å². The maximum absolute atomic E-state index is 12.0. The van der Waals surface area contributed by atoms with Crippen LogP contribution in [0.15, 0.2) is 10.5 Å². The standard InChI is InChI=1S/C9H12F3NO/c1-5-3-7(6(2)14-5)8(13)4-9(10,11)12/h3,8H,4,13H2,1-2H3. The van der Waals surface area contributed by atoms with Gasteiger partial charge in [-0.15, -0.1) is 0 Å². The van der Waals surface area contributed by atoms with Crippen molar-refractivity contribution < 1.29 is 17.6 Å². The van der Waals surface area contributed by atoms with Crippen molar-refractivity contribution in [3.05, 3.63) is 23.2 Å². The third kappa shape index (κ3) is 2.77. The van der Waals surface area contributed by atoms with E-state index in [2.05, 4.69) is 0 Å². The zero-order valence-corrected chi connectivity index (χ0v) is 7.98. The van der Waals surface area contributed by atoms with E-state index in [1.54, 1.807) is 19.9 Å². The van der Waals surface area contributed by atoms with E-state index in [4.69, 9.17) is 10.2 Å². The Bertz CT molecular complexity index is 316. The van der Waals surface area contributed by atoms with E-state index in [0.29, 0.717) is 17.1 Å². The lowest BCUT2D eigenvalue weighted by Crippen LogP contribution is -2.20. The summed E-state index contributed by atoms with van der Waals surface area (Å²) >= 11 is 0. The minimum absolute atomic E-state index is 0.430. The first kappa shape index (κ1) is 11.1. The number of hydrogen-bond acceptors (Lipinski definition) is 2. The summed E-state index contributed by atoms with van der Waals surface area (Å²) < 4.78 is 41.2. The molecular weight excluding hydrogens is 195 g/mol. The number of rotatable bonds is 2. The molecule has 1 atom stereocenters. The van der Waals surface area contributed by atoms with E-state index in [9.17, 15) is 13.2 Å². The quantitative estimate of drug-likeness (QED) is 0.809. The maximum atomic E-state index is 12.0. The van der Waals surface area contributed by atoms with Crippen molar-refractivity contribution in [2.24, 2.45) is 5.73 Å². The molecule has 1 aromatic rings. The fourth-order valence-electron chi connectivity index (χ4n) is 1.38. The highest BCUT2D eigenvalue weighted by Gasteiger charge is 2.32. The summed E-state index contributed by atoms with van der Waals surface area (Å²) in [5, 5.41) is 0. The predicted octanol–water partition coefficient (Wildman–Crippen LogP) is 2.85. The minimum atomic E-state index is -4.24. The molecule has 80 valence electrons. The summed E-state index contributed by atoms with van der Waals surface area (Å²) in [6.45, 7) is 3.29. The van der Waals surface area contributed by atoms with Crippen LogP contribution in [-0.2, 0) is 0 Å². The van der Waals surface area contributed by atoms with Gasteiger partial charge in [-0.1, -0.05) is 0 Å². The molecule has 0 saturated carbocycles. The van der Waals surface area contributed by atoms with Crippen molar-refractivity contribution in [3.63, 3.8) is 0 Å². The molecule has 0 amide bonds. The lowest BCUT2D eigenvalue weighted by molar-refractivity contribution is -0.138. The third-order valence-electron chi connectivity index (χ3n) is 1.93. The SMILES string of the molecule is Cc1cc(C(N)CC(F)(F)F)c(C)o1. The van der Waals surface area contributed by atoms with Gasteiger partial charge in [-0.25, -0.2) is 0 Å². The molecule has 0 aliphatic carbocycles. The predicted molar refractivity (Wildman–Crippen MR) is 45.8 cm³/mol. The number of alkyl halides is 3. The average Bonchev–Trinajstić information content (AvgIpc) is 2.26. The highest BCUT2D eigenvalue weighted by molar-refractivity contribution is 5.23. The van der Waals surface area contributed by atoms with Gasteiger partial charge in [0.25, 0.3) is 0 Å². The summed E-state index contributed by atoms with van der Waals surface area (Å²) in [5.41, 5.74) is 5.85. The second-order valence-electron chi connectivity index (χ2n) is 3.29. The van der Waals surface area contributed by atoms with Crippen LogP contribution < -0.4 is 5.73 Å². The summed E-state index contributed by atoms with van der Waals surface area (Å²) in [5.74, 6) is 1.04. The molecule has 0 aliphatic rings. The van der Waals surface area contributed by atoms with Crippen molar-refractivity contribution in [2.45, 2.75) is 32.5 Å². The first-order valence-corrected chi connectivity index (χ1v) is 4.19. The molecule has 0 fully saturated rings. The highest BCUT2D eigenvalue weighted by Crippen LogP contribution is 2.30. The average molecular weight is 207 g/mol. The molecule has 1 rings (SSSR count). The zero-order chi connectivity index (χ0) is 10.9. The van der Waals surface area contributed by atoms with Crippen LogP contribution in [0.3, 0.4) is 0 Å². The zero-order valence-electron chi connectivity index (χ0n) is 7.98. The van der Waals surface area contributed by atoms with E-state index in [1.165, 1.54) is 0 Å². The van der Waals surface area contributed by atoms with Gasteiger partial charge in [-0.05, 0) is 19.9 Å². The second kappa shape index (κ2) is 3.65. The van der Waals surface area contributed by atoms with Crippen molar-refractivity contribution in [1.82, 2.24) is 0 Å². The summed E-state index contributed by atoms with van der Waals surface area (Å²) in [6.07, 6.45) is -5.26. The minimum Gasteiger partial charge on any atom is -0.466 e. The third-order valence-corrected chi connectivity index (χ3v) is 1.93. The van der Waals surface area contributed by atoms with E-state index >= 15 is 0 Å². The molecule has 0 radical (unpaired) electrons. The van der Waals surface area contributed by atoms with Gasteiger partial charge in [0, 0.05) is 11.6 Å². The molecule has 0 bridgehead atoms. The molecule has 1 aromatic heterocycles. The lowest BCUT2D eigenvalue weighted by Gasteiger charge is -2.12. The largest absolute Gasteiger partial charge is 0.466 e. The number of furan rings is 1. The Labute approximate surface area is 79.9 Å². The Morgan fingerprint density at radius 2 is 2.00 bits per heavy atom. The van der Waals surface area contributed by atoms with Crippen molar-refractivity contribution in [2.75, 3.05) is 0 Å². The molecule has 0 saturated heterocycles. The molecule has 5 heteroatoms. The molecule has 0 spiro atoms. The molecule has 14 heavy (non-hydrogen) atoms. The van der Waals surface area contributed by atoms with Crippen LogP contribution in [0.4, 0.5) is 13.2 Å². The Hall–Kier alpha value is -0.970. The van der Waals surface area contributed by atoms with Gasteiger partial charge in [0.2, 0.25) is 0 Å². The monoisotopic (exact) mass is 207 g/mol. The fourth-order valence-corrected chi connectivity index (χ4v) is 1.38. The molecule has 0 aromatic carbocycles. The van der Waals surface area contributed by atoms with Crippen LogP contribution in [0.1, 0.15) is 29.5 Å². The topological polar surface area (TPSA) is 39.2 Å². The van der Waals surface area contributed by atoms with Crippen LogP contribution in [0.2, 0.25) is 0 Å². The summed E-state index contributed by atoms with van der Waals surface area (Å²) in [7, 11) is 0. The molecule has 1 heterocycles. The van der Waals surface area contributed by atoms with Gasteiger partial charge in [-0.3, -0.25) is 0 Å². The van der Waals surface area contributed by atoms with Crippen LogP contribution in [0.5, 0.6) is 0 Å². The smallest absolute Gasteiger partial charge is 0.390 e. The number of nitrogens with two attached hydrogens (primary N) is 1. The van der Waals surface area contributed by atoms with E-state index in [-0.39, 0.29) is 0 Å². The number of hydrogen-bond donors (Lipinski definition) is 1. The first-order valence-electron chi connectivity index (χ1n) is 4.19. The van der Waals surface area contributed by atoms with Gasteiger partial charge in [-0.2, -0.15) is 13.2 Å². The Morgan fingerprint density at radius 3 is 2.36 bits per heavy atom. The lowest BCUT2D eigenvalue weighted by atomic mass is 10.1. The molecule has 1 unspecified atom stereocenters. The Balaban J connectivity index is 2.79. The molecule has 0 aliphatic heterocycles. The fraction of sp³-hybridized carbons (Fsp3) is 0.556. The number of aryl methyl sites for hydroxylation is 2. The Kier molecular flexibility index (Phi) is 2.89. The maximum Gasteiger partial charge on any atom is 0.390 e. The highest BCUT2D eigenvalue weighted by atomic mass is 19.4.